The third-order valence-electron chi connectivity index (χ3n) is 5.20. The first-order chi connectivity index (χ1) is 17.6. The van der Waals surface area contributed by atoms with Crippen LogP contribution >= 0.6 is 11.6 Å². The number of rotatable bonds is 10. The van der Waals surface area contributed by atoms with Crippen LogP contribution in [0.15, 0.2) is 35.0 Å². The Hall–Kier alpha value is -2.96. The van der Waals surface area contributed by atoms with Crippen molar-refractivity contribution in [3.63, 3.8) is 0 Å². The van der Waals surface area contributed by atoms with E-state index in [2.05, 4.69) is 10.4 Å². The molecular weight excluding hydrogens is 539 g/mol. The number of alkyl carbamates (subject to hydrolysis) is 1. The monoisotopic (exact) mass is 572 g/mol. The first kappa shape index (κ1) is 31.3. The van der Waals surface area contributed by atoms with Crippen molar-refractivity contribution in [1.82, 2.24) is 19.4 Å². The average molecular weight is 573 g/mol. The highest BCUT2D eigenvalue weighted by atomic mass is 35.5. The van der Waals surface area contributed by atoms with Crippen molar-refractivity contribution in [2.75, 3.05) is 27.2 Å². The Morgan fingerprint density at radius 2 is 1.92 bits per heavy atom. The zero-order valence-corrected chi connectivity index (χ0v) is 24.2. The molecule has 1 aromatic heterocycles. The number of nitrogens with zero attached hydrogens (tertiary/aromatic N) is 3. The fourth-order valence-electron chi connectivity index (χ4n) is 3.34. The van der Waals surface area contributed by atoms with Crippen LogP contribution in [0, 0.1) is 6.92 Å². The van der Waals surface area contributed by atoms with Gasteiger partial charge in [-0.2, -0.15) is 5.10 Å². The Morgan fingerprint density at radius 1 is 1.26 bits per heavy atom. The molecule has 0 bridgehead atoms. The summed E-state index contributed by atoms with van der Waals surface area (Å²) < 4.78 is 52.2. The lowest BCUT2D eigenvalue weighted by Gasteiger charge is -2.19. The predicted octanol–water partition coefficient (Wildman–Crippen LogP) is 4.24. The van der Waals surface area contributed by atoms with Crippen LogP contribution in [-0.2, 0) is 32.5 Å². The van der Waals surface area contributed by atoms with E-state index in [0.717, 1.165) is 4.31 Å². The minimum atomic E-state index is -3.74. The standard InChI is InChI=1S/C25H34ClFN4O6S/c1-8-36-23(32)22-19(13-17-9-10-21(20(26)14-17)38(34,35)30(6)7)16(2)31(29-22)15-18(27)11-12-28-24(33)37-25(3,4)5/h9-11,14H,8,12-13,15H2,1-7H3,(H,28,33)/b18-11-. The quantitative estimate of drug-likeness (QED) is 0.423. The summed E-state index contributed by atoms with van der Waals surface area (Å²) in [5, 5.41) is 6.75. The number of halogens is 2. The van der Waals surface area contributed by atoms with E-state index in [1.165, 1.54) is 37.0 Å². The molecule has 0 atom stereocenters. The average Bonchev–Trinajstić information content (AvgIpc) is 3.07. The molecule has 0 fully saturated rings. The van der Waals surface area contributed by atoms with E-state index >= 15 is 0 Å². The minimum Gasteiger partial charge on any atom is -0.461 e. The molecule has 1 heterocycles. The van der Waals surface area contributed by atoms with Crippen molar-refractivity contribution in [1.29, 1.82) is 0 Å². The number of allylic oxidation sites excluding steroid dienone is 1. The molecule has 13 heteroatoms. The number of hydrogen-bond acceptors (Lipinski definition) is 7. The third kappa shape index (κ3) is 8.27. The first-order valence-electron chi connectivity index (χ1n) is 11.8. The van der Waals surface area contributed by atoms with Gasteiger partial charge in [-0.1, -0.05) is 17.7 Å². The predicted molar refractivity (Wildman–Crippen MR) is 141 cm³/mol. The molecule has 0 radical (unpaired) electrons. The summed E-state index contributed by atoms with van der Waals surface area (Å²) in [5.74, 6) is -1.26. The highest BCUT2D eigenvalue weighted by Crippen LogP contribution is 2.27. The Morgan fingerprint density at radius 3 is 2.47 bits per heavy atom. The van der Waals surface area contributed by atoms with Crippen LogP contribution in [0.25, 0.3) is 0 Å². The molecule has 0 spiro atoms. The summed E-state index contributed by atoms with van der Waals surface area (Å²) in [6.07, 6.45) is 0.679. The summed E-state index contributed by atoms with van der Waals surface area (Å²) in [4.78, 5) is 24.3. The molecule has 38 heavy (non-hydrogen) atoms. The van der Waals surface area contributed by atoms with Gasteiger partial charge in [-0.15, -0.1) is 0 Å². The van der Waals surface area contributed by atoms with Gasteiger partial charge in [-0.05, 0) is 58.4 Å². The lowest BCUT2D eigenvalue weighted by atomic mass is 10.0. The lowest BCUT2D eigenvalue weighted by Crippen LogP contribution is -2.32. The highest BCUT2D eigenvalue weighted by molar-refractivity contribution is 7.89. The fourth-order valence-corrected chi connectivity index (χ4v) is 4.78. The van der Waals surface area contributed by atoms with Crippen LogP contribution in [-0.4, -0.2) is 67.4 Å². The molecule has 2 rings (SSSR count). The molecule has 10 nitrogen and oxygen atoms in total. The largest absolute Gasteiger partial charge is 0.461 e. The number of nitrogens with one attached hydrogen (secondary N) is 1. The van der Waals surface area contributed by atoms with E-state index in [1.807, 2.05) is 0 Å². The van der Waals surface area contributed by atoms with Crippen molar-refractivity contribution in [3.05, 3.63) is 57.6 Å². The number of aromatic nitrogens is 2. The maximum atomic E-state index is 14.7. The van der Waals surface area contributed by atoms with Crippen LogP contribution < -0.4 is 5.32 Å². The van der Waals surface area contributed by atoms with E-state index in [9.17, 15) is 22.4 Å². The van der Waals surface area contributed by atoms with E-state index in [0.29, 0.717) is 16.8 Å². The van der Waals surface area contributed by atoms with Gasteiger partial charge in [-0.25, -0.2) is 26.7 Å². The van der Waals surface area contributed by atoms with Gasteiger partial charge in [0.2, 0.25) is 10.0 Å². The smallest absolute Gasteiger partial charge is 0.407 e. The molecule has 0 saturated carbocycles. The van der Waals surface area contributed by atoms with Crippen molar-refractivity contribution >= 4 is 33.7 Å². The van der Waals surface area contributed by atoms with Gasteiger partial charge in [0, 0.05) is 38.3 Å². The molecule has 2 aromatic rings. The summed E-state index contributed by atoms with van der Waals surface area (Å²) in [6.45, 7) is 8.24. The third-order valence-corrected chi connectivity index (χ3v) is 7.50. The fraction of sp³-hybridized carbons (Fsp3) is 0.480. The molecule has 0 aliphatic carbocycles. The SMILES string of the molecule is CCOC(=O)c1nn(C/C(F)=C/CNC(=O)OC(C)(C)C)c(C)c1Cc1ccc(S(=O)(=O)N(C)C)c(Cl)c1. The van der Waals surface area contributed by atoms with E-state index in [1.54, 1.807) is 40.7 Å². The van der Waals surface area contributed by atoms with Gasteiger partial charge in [-0.3, -0.25) is 4.68 Å². The van der Waals surface area contributed by atoms with Gasteiger partial charge < -0.3 is 14.8 Å². The van der Waals surface area contributed by atoms with Gasteiger partial charge in [0.1, 0.15) is 16.3 Å². The van der Waals surface area contributed by atoms with Crippen molar-refractivity contribution in [3.8, 4) is 0 Å². The van der Waals surface area contributed by atoms with Gasteiger partial charge in [0.15, 0.2) is 5.69 Å². The molecule has 0 aliphatic heterocycles. The second kappa shape index (κ2) is 12.7. The van der Waals surface area contributed by atoms with Gasteiger partial charge in [0.25, 0.3) is 0 Å². The minimum absolute atomic E-state index is 0.0187. The van der Waals surface area contributed by atoms with E-state index in [4.69, 9.17) is 21.1 Å². The lowest BCUT2D eigenvalue weighted by molar-refractivity contribution is 0.0512. The first-order valence-corrected chi connectivity index (χ1v) is 13.6. The number of benzene rings is 1. The number of carbonyl (C=O) groups excluding carboxylic acids is 2. The number of sulfonamides is 1. The van der Waals surface area contributed by atoms with Crippen LogP contribution in [0.1, 0.15) is 55.0 Å². The second-order valence-corrected chi connectivity index (χ2v) is 12.1. The summed E-state index contributed by atoms with van der Waals surface area (Å²) in [5.41, 5.74) is 0.965. The Kier molecular flexibility index (Phi) is 10.5. The zero-order valence-electron chi connectivity index (χ0n) is 22.6. The van der Waals surface area contributed by atoms with Crippen molar-refractivity contribution < 1.29 is 31.9 Å². The maximum absolute atomic E-state index is 14.7. The molecule has 0 aliphatic rings. The normalized spacial score (nSPS) is 12.5. The Balaban J connectivity index is 2.31. The van der Waals surface area contributed by atoms with Crippen LogP contribution in [0.4, 0.5) is 9.18 Å². The molecule has 1 amide bonds. The molecule has 210 valence electrons. The van der Waals surface area contributed by atoms with E-state index in [-0.39, 0.29) is 41.7 Å². The van der Waals surface area contributed by atoms with Crippen LogP contribution in [0.5, 0.6) is 0 Å². The number of hydrogen-bond donors (Lipinski definition) is 1. The summed E-state index contributed by atoms with van der Waals surface area (Å²) in [7, 11) is -0.923. The zero-order chi connectivity index (χ0) is 28.8. The number of amides is 1. The molecule has 1 N–H and O–H groups in total. The summed E-state index contributed by atoms with van der Waals surface area (Å²) >= 11 is 6.28. The second-order valence-electron chi connectivity index (χ2n) is 9.55. The molecule has 0 unspecified atom stereocenters. The molecular formula is C25H34ClFN4O6S. The number of carbonyl (C=O) groups is 2. The molecule has 0 saturated heterocycles. The molecule has 1 aromatic carbocycles. The van der Waals surface area contributed by atoms with E-state index < -0.39 is 33.5 Å². The van der Waals surface area contributed by atoms with Gasteiger partial charge >= 0.3 is 12.1 Å². The van der Waals surface area contributed by atoms with Crippen LogP contribution in [0.3, 0.4) is 0 Å². The topological polar surface area (TPSA) is 120 Å². The Labute approximate surface area is 227 Å². The number of ether oxygens (including phenoxy) is 2. The highest BCUT2D eigenvalue weighted by Gasteiger charge is 2.25. The Bertz CT molecular complexity index is 1320. The maximum Gasteiger partial charge on any atom is 0.407 e. The summed E-state index contributed by atoms with van der Waals surface area (Å²) in [6, 6.07) is 4.50. The number of esters is 1. The van der Waals surface area contributed by atoms with Crippen LogP contribution in [0.2, 0.25) is 5.02 Å². The van der Waals surface area contributed by atoms with Crippen molar-refractivity contribution in [2.24, 2.45) is 0 Å². The van der Waals surface area contributed by atoms with Gasteiger partial charge in [0.05, 0.1) is 18.2 Å². The van der Waals surface area contributed by atoms with Crippen molar-refractivity contribution in [2.45, 2.75) is 58.1 Å².